The number of rotatable bonds is 3. The van der Waals surface area contributed by atoms with Crippen molar-refractivity contribution in [3.8, 4) is 0 Å². The van der Waals surface area contributed by atoms with E-state index < -0.39 is 6.04 Å². The SMILES string of the molecule is CC(=NC1=CCCC=C1C=O)N(C)C1CCC(=O)NC1=O. The number of nitrogens with one attached hydrogen (secondary N) is 1. The van der Waals surface area contributed by atoms with Gasteiger partial charge in [0.05, 0.1) is 5.70 Å². The molecule has 1 heterocycles. The summed E-state index contributed by atoms with van der Waals surface area (Å²) in [5, 5.41) is 2.33. The van der Waals surface area contributed by atoms with Gasteiger partial charge in [0.2, 0.25) is 11.8 Å². The maximum Gasteiger partial charge on any atom is 0.249 e. The first-order chi connectivity index (χ1) is 10.0. The fourth-order valence-electron chi connectivity index (χ4n) is 2.43. The van der Waals surface area contributed by atoms with E-state index in [0.29, 0.717) is 29.9 Å². The second-order valence-electron chi connectivity index (χ2n) is 5.18. The zero-order chi connectivity index (χ0) is 15.4. The zero-order valence-electron chi connectivity index (χ0n) is 12.3. The third-order valence-electron chi connectivity index (χ3n) is 3.76. The average molecular weight is 289 g/mol. The second-order valence-corrected chi connectivity index (χ2v) is 5.18. The van der Waals surface area contributed by atoms with Gasteiger partial charge in [0, 0.05) is 19.0 Å². The van der Waals surface area contributed by atoms with Crippen molar-refractivity contribution in [2.75, 3.05) is 7.05 Å². The quantitative estimate of drug-likeness (QED) is 0.363. The molecular weight excluding hydrogens is 270 g/mol. The summed E-state index contributed by atoms with van der Waals surface area (Å²) in [5.74, 6) is 0.109. The van der Waals surface area contributed by atoms with Gasteiger partial charge in [0.1, 0.15) is 11.9 Å². The minimum Gasteiger partial charge on any atom is -0.351 e. The van der Waals surface area contributed by atoms with Crippen LogP contribution in [0.3, 0.4) is 0 Å². The number of carbonyl (C=O) groups is 3. The van der Waals surface area contributed by atoms with E-state index >= 15 is 0 Å². The van der Waals surface area contributed by atoms with E-state index in [9.17, 15) is 14.4 Å². The second kappa shape index (κ2) is 6.47. The molecule has 1 saturated heterocycles. The summed E-state index contributed by atoms with van der Waals surface area (Å²) in [6, 6.07) is -0.403. The molecule has 1 aliphatic carbocycles. The standard InChI is InChI=1S/C15H19N3O3/c1-10(16-12-6-4-3-5-11(12)9-19)18(2)13-7-8-14(20)17-15(13)21/h5-6,9,13H,3-4,7-8H2,1-2H3,(H,17,20,21). The Morgan fingerprint density at radius 3 is 2.76 bits per heavy atom. The summed E-state index contributed by atoms with van der Waals surface area (Å²) >= 11 is 0. The topological polar surface area (TPSA) is 78.8 Å². The molecule has 0 aromatic heterocycles. The van der Waals surface area contributed by atoms with Crippen molar-refractivity contribution in [1.29, 1.82) is 0 Å². The number of aliphatic imine (C=N–C) groups is 1. The minimum absolute atomic E-state index is 0.236. The Balaban J connectivity index is 2.13. The Morgan fingerprint density at radius 1 is 1.38 bits per heavy atom. The van der Waals surface area contributed by atoms with E-state index in [-0.39, 0.29) is 11.8 Å². The van der Waals surface area contributed by atoms with Crippen LogP contribution in [0, 0.1) is 0 Å². The Bertz CT molecular complexity index is 561. The van der Waals surface area contributed by atoms with Crippen molar-refractivity contribution in [2.45, 2.75) is 38.6 Å². The van der Waals surface area contributed by atoms with Crippen LogP contribution in [0.2, 0.25) is 0 Å². The molecule has 0 bridgehead atoms. The van der Waals surface area contributed by atoms with E-state index in [0.717, 1.165) is 19.1 Å². The number of carbonyl (C=O) groups excluding carboxylic acids is 3. The summed E-state index contributed by atoms with van der Waals surface area (Å²) in [4.78, 5) is 40.3. The third kappa shape index (κ3) is 3.45. The summed E-state index contributed by atoms with van der Waals surface area (Å²) in [5.41, 5.74) is 1.23. The first kappa shape index (κ1) is 15.2. The van der Waals surface area contributed by atoms with Gasteiger partial charge in [-0.3, -0.25) is 19.7 Å². The first-order valence-corrected chi connectivity index (χ1v) is 7.00. The van der Waals surface area contributed by atoms with E-state index in [2.05, 4.69) is 10.3 Å². The van der Waals surface area contributed by atoms with Crippen LogP contribution in [0.25, 0.3) is 0 Å². The van der Waals surface area contributed by atoms with Crippen LogP contribution in [0.4, 0.5) is 0 Å². The molecule has 1 atom stereocenters. The fraction of sp³-hybridized carbons (Fsp3) is 0.467. The van der Waals surface area contributed by atoms with Gasteiger partial charge in [-0.25, -0.2) is 4.99 Å². The molecule has 0 spiro atoms. The highest BCUT2D eigenvalue weighted by Gasteiger charge is 2.30. The van der Waals surface area contributed by atoms with Crippen LogP contribution in [-0.4, -0.2) is 41.9 Å². The summed E-state index contributed by atoms with van der Waals surface area (Å²) in [7, 11) is 1.77. The average Bonchev–Trinajstić information content (AvgIpc) is 2.47. The summed E-state index contributed by atoms with van der Waals surface area (Å²) in [6.45, 7) is 1.79. The van der Waals surface area contributed by atoms with E-state index in [1.165, 1.54) is 0 Å². The van der Waals surface area contributed by atoms with E-state index in [1.54, 1.807) is 18.9 Å². The van der Waals surface area contributed by atoms with Crippen molar-refractivity contribution in [3.05, 3.63) is 23.4 Å². The number of hydrogen-bond acceptors (Lipinski definition) is 4. The van der Waals surface area contributed by atoms with E-state index in [4.69, 9.17) is 0 Å². The lowest BCUT2D eigenvalue weighted by Gasteiger charge is -2.31. The Labute approximate surface area is 123 Å². The van der Waals surface area contributed by atoms with Gasteiger partial charge in [-0.1, -0.05) is 12.2 Å². The number of aldehydes is 1. The molecule has 2 rings (SSSR count). The number of hydrogen-bond donors (Lipinski definition) is 1. The molecule has 1 fully saturated rings. The van der Waals surface area contributed by atoms with Gasteiger partial charge in [-0.05, 0) is 26.2 Å². The van der Waals surface area contributed by atoms with Crippen molar-refractivity contribution in [1.82, 2.24) is 10.2 Å². The van der Waals surface area contributed by atoms with Crippen molar-refractivity contribution >= 4 is 23.9 Å². The number of likely N-dealkylation sites (N-methyl/N-ethyl adjacent to an activating group) is 1. The van der Waals surface area contributed by atoms with Gasteiger partial charge in [0.15, 0.2) is 6.29 Å². The maximum atomic E-state index is 11.9. The lowest BCUT2D eigenvalue weighted by atomic mass is 10.0. The number of amidine groups is 1. The lowest BCUT2D eigenvalue weighted by molar-refractivity contribution is -0.136. The number of allylic oxidation sites excluding steroid dienone is 3. The highest BCUT2D eigenvalue weighted by atomic mass is 16.2. The smallest absolute Gasteiger partial charge is 0.249 e. The molecule has 0 aromatic rings. The molecule has 112 valence electrons. The monoisotopic (exact) mass is 289 g/mol. The van der Waals surface area contributed by atoms with Crippen LogP contribution in [0.5, 0.6) is 0 Å². The number of amides is 2. The Kier molecular flexibility index (Phi) is 4.67. The molecule has 1 aliphatic heterocycles. The molecule has 21 heavy (non-hydrogen) atoms. The van der Waals surface area contributed by atoms with Crippen LogP contribution in [-0.2, 0) is 14.4 Å². The Morgan fingerprint density at radius 2 is 2.10 bits per heavy atom. The maximum absolute atomic E-state index is 11.9. The fourth-order valence-corrected chi connectivity index (χ4v) is 2.43. The molecule has 1 unspecified atom stereocenters. The van der Waals surface area contributed by atoms with Gasteiger partial charge in [-0.2, -0.15) is 0 Å². The number of imide groups is 1. The van der Waals surface area contributed by atoms with Gasteiger partial charge in [0.25, 0.3) is 0 Å². The molecular formula is C15H19N3O3. The molecule has 0 radical (unpaired) electrons. The predicted octanol–water partition coefficient (Wildman–Crippen LogP) is 0.945. The van der Waals surface area contributed by atoms with Crippen molar-refractivity contribution in [2.24, 2.45) is 4.99 Å². The summed E-state index contributed by atoms with van der Waals surface area (Å²) in [6.07, 6.45) is 7.09. The predicted molar refractivity (Wildman–Crippen MR) is 78.5 cm³/mol. The minimum atomic E-state index is -0.403. The lowest BCUT2D eigenvalue weighted by Crippen LogP contribution is -2.52. The number of piperidine rings is 1. The summed E-state index contributed by atoms with van der Waals surface area (Å²) < 4.78 is 0. The molecule has 1 N–H and O–H groups in total. The van der Waals surface area contributed by atoms with E-state index in [1.807, 2.05) is 12.2 Å². The van der Waals surface area contributed by atoms with Crippen molar-refractivity contribution < 1.29 is 14.4 Å². The first-order valence-electron chi connectivity index (χ1n) is 7.00. The molecule has 0 aromatic carbocycles. The third-order valence-corrected chi connectivity index (χ3v) is 3.76. The zero-order valence-corrected chi connectivity index (χ0v) is 12.3. The molecule has 2 amide bonds. The molecule has 6 heteroatoms. The van der Waals surface area contributed by atoms with Crippen LogP contribution in [0.1, 0.15) is 32.6 Å². The molecule has 2 aliphatic rings. The number of nitrogens with zero attached hydrogens (tertiary/aromatic N) is 2. The largest absolute Gasteiger partial charge is 0.351 e. The van der Waals surface area contributed by atoms with Crippen LogP contribution < -0.4 is 5.32 Å². The Hall–Kier alpha value is -2.24. The normalized spacial score (nSPS) is 23.1. The van der Waals surface area contributed by atoms with Crippen LogP contribution in [0.15, 0.2) is 28.4 Å². The molecule has 6 nitrogen and oxygen atoms in total. The van der Waals surface area contributed by atoms with Gasteiger partial charge >= 0.3 is 0 Å². The molecule has 0 saturated carbocycles. The highest BCUT2D eigenvalue weighted by Crippen LogP contribution is 2.19. The van der Waals surface area contributed by atoms with Gasteiger partial charge < -0.3 is 4.90 Å². The van der Waals surface area contributed by atoms with Crippen molar-refractivity contribution in [3.63, 3.8) is 0 Å². The van der Waals surface area contributed by atoms with Crippen LogP contribution >= 0.6 is 0 Å². The van der Waals surface area contributed by atoms with Gasteiger partial charge in [-0.15, -0.1) is 0 Å². The highest BCUT2D eigenvalue weighted by molar-refractivity contribution is 6.02.